The van der Waals surface area contributed by atoms with Crippen molar-refractivity contribution < 1.29 is 13.5 Å². The molecule has 0 bridgehead atoms. The van der Waals surface area contributed by atoms with E-state index in [1.54, 1.807) is 30.5 Å². The molecule has 0 aromatic heterocycles. The molecule has 0 saturated carbocycles. The third-order valence-electron chi connectivity index (χ3n) is 6.10. The number of hydrogen-bond donors (Lipinski definition) is 0. The van der Waals surface area contributed by atoms with Crippen LogP contribution in [-0.4, -0.2) is 55.2 Å². The van der Waals surface area contributed by atoms with Crippen molar-refractivity contribution in [3.63, 3.8) is 0 Å². The first-order valence-electron chi connectivity index (χ1n) is 11.4. The Bertz CT molecular complexity index is 1190. The molecular formula is C27H25F2N5O. The van der Waals surface area contributed by atoms with Gasteiger partial charge in [0.2, 0.25) is 0 Å². The third-order valence-corrected chi connectivity index (χ3v) is 6.10. The van der Waals surface area contributed by atoms with Gasteiger partial charge in [-0.15, -0.1) is 0 Å². The van der Waals surface area contributed by atoms with E-state index in [0.29, 0.717) is 45.0 Å². The monoisotopic (exact) mass is 473 g/mol. The number of ether oxygens (including phenoxy) is 1. The number of nitrogens with zero attached hydrogens (tertiary/aromatic N) is 5. The van der Waals surface area contributed by atoms with Crippen LogP contribution in [0.2, 0.25) is 0 Å². The van der Waals surface area contributed by atoms with Gasteiger partial charge in [0.05, 0.1) is 37.6 Å². The van der Waals surface area contributed by atoms with Gasteiger partial charge in [0, 0.05) is 25.8 Å². The minimum absolute atomic E-state index is 0.191. The van der Waals surface area contributed by atoms with Crippen molar-refractivity contribution in [1.82, 2.24) is 4.90 Å². The molecule has 2 aliphatic heterocycles. The molecule has 178 valence electrons. The average molecular weight is 474 g/mol. The zero-order valence-electron chi connectivity index (χ0n) is 19.2. The first-order chi connectivity index (χ1) is 17.0. The Kier molecular flexibility index (Phi) is 7.77. The largest absolute Gasteiger partial charge is 0.379 e. The van der Waals surface area contributed by atoms with Crippen LogP contribution in [0, 0.1) is 40.2 Å². The lowest BCUT2D eigenvalue weighted by Crippen LogP contribution is -2.51. The molecule has 2 aromatic carbocycles. The number of morpholine rings is 1. The predicted octanol–water partition coefficient (Wildman–Crippen LogP) is 3.89. The predicted molar refractivity (Wildman–Crippen MR) is 129 cm³/mol. The van der Waals surface area contributed by atoms with E-state index < -0.39 is 11.5 Å². The van der Waals surface area contributed by atoms with Gasteiger partial charge in [-0.05, 0) is 53.5 Å². The second-order valence-corrected chi connectivity index (χ2v) is 8.61. The van der Waals surface area contributed by atoms with Crippen LogP contribution in [0.5, 0.6) is 0 Å². The number of halogens is 2. The maximum absolute atomic E-state index is 13.3. The highest BCUT2D eigenvalue weighted by molar-refractivity contribution is 6.05. The van der Waals surface area contributed by atoms with Crippen molar-refractivity contribution in [1.29, 1.82) is 10.5 Å². The highest BCUT2D eigenvalue weighted by atomic mass is 19.1. The van der Waals surface area contributed by atoms with Crippen LogP contribution in [0.25, 0.3) is 0 Å². The Morgan fingerprint density at radius 1 is 1.00 bits per heavy atom. The lowest BCUT2D eigenvalue weighted by Gasteiger charge is -2.35. The number of rotatable bonds is 8. The summed E-state index contributed by atoms with van der Waals surface area (Å²) in [6, 6.07) is 16.4. The van der Waals surface area contributed by atoms with Crippen LogP contribution < -0.4 is 0 Å². The molecule has 0 radical (unpaired) electrons. The fraction of sp³-hybridized carbons (Fsp3) is 0.333. The topological polar surface area (TPSA) is 84.8 Å². The summed E-state index contributed by atoms with van der Waals surface area (Å²) in [6.45, 7) is 3.22. The van der Waals surface area contributed by atoms with Crippen molar-refractivity contribution in [3.8, 4) is 12.1 Å². The SMILES string of the molecule is N#CC(C#N)C(=NCc1ccc(F)cc1)C1(CN2CCOCC2)C=C(Cc2ccc(F)cc2)C=N1. The van der Waals surface area contributed by atoms with E-state index >= 15 is 0 Å². The molecular weight excluding hydrogens is 448 g/mol. The molecule has 6 nitrogen and oxygen atoms in total. The quantitative estimate of drug-likeness (QED) is 0.545. The standard InChI is InChI=1S/C27H25F2N5O/c28-24-5-1-20(2-6-24)13-22-14-27(33-18-22,19-34-9-11-35-12-10-34)26(23(15-30)16-31)32-17-21-3-7-25(29)8-4-21/h1-8,14,18,23H,9-13,17,19H2. The van der Waals surface area contributed by atoms with Gasteiger partial charge in [0.15, 0.2) is 5.92 Å². The van der Waals surface area contributed by atoms with Gasteiger partial charge in [-0.2, -0.15) is 10.5 Å². The van der Waals surface area contributed by atoms with E-state index in [1.165, 1.54) is 24.3 Å². The molecule has 0 amide bonds. The second-order valence-electron chi connectivity index (χ2n) is 8.61. The van der Waals surface area contributed by atoms with Gasteiger partial charge in [-0.25, -0.2) is 8.78 Å². The summed E-state index contributed by atoms with van der Waals surface area (Å²) in [5, 5.41) is 19.6. The molecule has 2 aliphatic rings. The van der Waals surface area contributed by atoms with E-state index in [-0.39, 0.29) is 18.2 Å². The molecule has 1 atom stereocenters. The summed E-state index contributed by atoms with van der Waals surface area (Å²) in [5.74, 6) is -1.75. The van der Waals surface area contributed by atoms with Crippen LogP contribution in [0.1, 0.15) is 11.1 Å². The van der Waals surface area contributed by atoms with Crippen LogP contribution in [0.4, 0.5) is 8.78 Å². The Morgan fingerprint density at radius 3 is 2.20 bits per heavy atom. The van der Waals surface area contributed by atoms with Gasteiger partial charge in [0.25, 0.3) is 0 Å². The molecule has 8 heteroatoms. The summed E-state index contributed by atoms with van der Waals surface area (Å²) in [5.41, 5.74) is 1.95. The van der Waals surface area contributed by atoms with Gasteiger partial charge < -0.3 is 4.74 Å². The molecule has 1 saturated heterocycles. The molecule has 2 aromatic rings. The summed E-state index contributed by atoms with van der Waals surface area (Å²) >= 11 is 0. The van der Waals surface area contributed by atoms with Crippen LogP contribution >= 0.6 is 0 Å². The molecule has 1 unspecified atom stereocenters. The number of aliphatic imine (C=N–C) groups is 2. The molecule has 0 N–H and O–H groups in total. The number of hydrogen-bond acceptors (Lipinski definition) is 6. The van der Waals surface area contributed by atoms with Gasteiger partial charge in [-0.1, -0.05) is 24.3 Å². The van der Waals surface area contributed by atoms with E-state index in [4.69, 9.17) is 14.7 Å². The Hall–Kier alpha value is -3.72. The lowest BCUT2D eigenvalue weighted by molar-refractivity contribution is 0.0347. The minimum atomic E-state index is -1.10. The summed E-state index contributed by atoms with van der Waals surface area (Å²) in [6.07, 6.45) is 4.25. The van der Waals surface area contributed by atoms with Gasteiger partial charge >= 0.3 is 0 Å². The van der Waals surface area contributed by atoms with Crippen LogP contribution in [-0.2, 0) is 17.7 Å². The highest BCUT2D eigenvalue weighted by Crippen LogP contribution is 2.30. The van der Waals surface area contributed by atoms with E-state index in [0.717, 1.165) is 16.7 Å². The van der Waals surface area contributed by atoms with E-state index in [9.17, 15) is 19.3 Å². The normalized spacial score (nSPS) is 20.5. The zero-order valence-corrected chi connectivity index (χ0v) is 19.2. The van der Waals surface area contributed by atoms with Crippen molar-refractivity contribution in [2.75, 3.05) is 32.8 Å². The first kappa shape index (κ1) is 24.4. The zero-order chi connectivity index (χ0) is 24.7. The van der Waals surface area contributed by atoms with Crippen molar-refractivity contribution in [2.24, 2.45) is 15.9 Å². The maximum atomic E-state index is 13.3. The first-order valence-corrected chi connectivity index (χ1v) is 11.4. The molecule has 2 heterocycles. The number of nitriles is 2. The van der Waals surface area contributed by atoms with Crippen molar-refractivity contribution >= 4 is 11.9 Å². The molecule has 0 spiro atoms. The lowest BCUT2D eigenvalue weighted by atomic mass is 9.84. The maximum Gasteiger partial charge on any atom is 0.173 e. The summed E-state index contributed by atoms with van der Waals surface area (Å²) in [4.78, 5) is 11.7. The van der Waals surface area contributed by atoms with Crippen LogP contribution in [0.15, 0.2) is 70.2 Å². The fourth-order valence-electron chi connectivity index (χ4n) is 4.32. The Balaban J connectivity index is 1.71. The molecule has 4 rings (SSSR count). The molecule has 1 fully saturated rings. The minimum Gasteiger partial charge on any atom is -0.379 e. The van der Waals surface area contributed by atoms with Gasteiger partial charge in [0.1, 0.15) is 17.2 Å². The van der Waals surface area contributed by atoms with Crippen molar-refractivity contribution in [3.05, 3.63) is 82.9 Å². The smallest absolute Gasteiger partial charge is 0.173 e. The summed E-state index contributed by atoms with van der Waals surface area (Å²) < 4.78 is 32.2. The average Bonchev–Trinajstić information content (AvgIpc) is 3.27. The van der Waals surface area contributed by atoms with E-state index in [2.05, 4.69) is 17.0 Å². The van der Waals surface area contributed by atoms with E-state index in [1.807, 2.05) is 6.08 Å². The van der Waals surface area contributed by atoms with Gasteiger partial charge in [-0.3, -0.25) is 14.9 Å². The highest BCUT2D eigenvalue weighted by Gasteiger charge is 2.42. The third kappa shape index (κ3) is 6.05. The molecule has 0 aliphatic carbocycles. The fourth-order valence-corrected chi connectivity index (χ4v) is 4.32. The molecule has 35 heavy (non-hydrogen) atoms. The Morgan fingerprint density at radius 2 is 1.60 bits per heavy atom. The second kappa shape index (κ2) is 11.1. The number of allylic oxidation sites excluding steroid dienone is 1. The number of benzene rings is 2. The van der Waals surface area contributed by atoms with Crippen LogP contribution in [0.3, 0.4) is 0 Å². The summed E-state index contributed by atoms with van der Waals surface area (Å²) in [7, 11) is 0. The van der Waals surface area contributed by atoms with Crippen molar-refractivity contribution in [2.45, 2.75) is 18.5 Å². The Labute approximate surface area is 203 Å².